The molecule has 1 fully saturated rings. The van der Waals surface area contributed by atoms with Crippen LogP contribution in [0.4, 0.5) is 16.3 Å². The molecular formula is C22H29Cl2N5O2Si. The standard InChI is InChI=1S/C22H29Cl2N5O2Si/c1-21(2)17-13(12-29(21)20(31)25-16-14(23)8-6-9-15(16)24)18(28-27-17)26-19(30)22(10-7-11-22)32(3,4)5/h6,8-9H,7,10-12H2,1-5H3,(H,25,31)(H2,26,27,28,30). The van der Waals surface area contributed by atoms with Crippen molar-refractivity contribution in [3.05, 3.63) is 39.5 Å². The van der Waals surface area contributed by atoms with Crippen molar-refractivity contribution in [3.63, 3.8) is 0 Å². The van der Waals surface area contributed by atoms with Crippen molar-refractivity contribution in [2.75, 3.05) is 10.6 Å². The molecule has 1 aliphatic carbocycles. The number of amides is 3. The first kappa shape index (κ1) is 23.1. The highest BCUT2D eigenvalue weighted by Gasteiger charge is 2.54. The summed E-state index contributed by atoms with van der Waals surface area (Å²) < 4.78 is 0. The van der Waals surface area contributed by atoms with Crippen LogP contribution in [0.5, 0.6) is 0 Å². The summed E-state index contributed by atoms with van der Waals surface area (Å²) in [6.45, 7) is 10.9. The van der Waals surface area contributed by atoms with Crippen LogP contribution in [0, 0.1) is 0 Å². The van der Waals surface area contributed by atoms with Gasteiger partial charge in [0.05, 0.1) is 41.6 Å². The number of aromatic amines is 1. The van der Waals surface area contributed by atoms with Gasteiger partial charge in [0.15, 0.2) is 5.82 Å². The topological polar surface area (TPSA) is 90.1 Å². The van der Waals surface area contributed by atoms with Crippen LogP contribution in [-0.2, 0) is 16.9 Å². The van der Waals surface area contributed by atoms with Crippen molar-refractivity contribution < 1.29 is 9.59 Å². The molecule has 0 unspecified atom stereocenters. The van der Waals surface area contributed by atoms with E-state index in [2.05, 4.69) is 40.5 Å². The fourth-order valence-electron chi connectivity index (χ4n) is 4.81. The van der Waals surface area contributed by atoms with E-state index < -0.39 is 13.6 Å². The molecule has 3 N–H and O–H groups in total. The van der Waals surface area contributed by atoms with E-state index in [0.717, 1.165) is 30.5 Å². The van der Waals surface area contributed by atoms with E-state index in [4.69, 9.17) is 23.2 Å². The molecule has 32 heavy (non-hydrogen) atoms. The normalized spacial score (nSPS) is 18.7. The Bertz CT molecular complexity index is 1070. The van der Waals surface area contributed by atoms with Gasteiger partial charge in [-0.2, -0.15) is 5.10 Å². The summed E-state index contributed by atoms with van der Waals surface area (Å²) in [5.41, 5.74) is 1.36. The zero-order valence-corrected chi connectivity index (χ0v) is 21.5. The Kier molecular flexibility index (Phi) is 5.62. The Balaban J connectivity index is 1.56. The van der Waals surface area contributed by atoms with E-state index in [1.54, 1.807) is 23.1 Å². The molecule has 0 spiro atoms. The second-order valence-electron chi connectivity index (χ2n) is 10.2. The predicted molar refractivity (Wildman–Crippen MR) is 131 cm³/mol. The van der Waals surface area contributed by atoms with Crippen LogP contribution >= 0.6 is 23.2 Å². The number of aromatic nitrogens is 2. The summed E-state index contributed by atoms with van der Waals surface area (Å²) in [4.78, 5) is 28.1. The Hall–Kier alpha value is -2.03. The third kappa shape index (κ3) is 3.52. The molecule has 172 valence electrons. The number of nitrogens with zero attached hydrogens (tertiary/aromatic N) is 2. The van der Waals surface area contributed by atoms with Gasteiger partial charge in [-0.15, -0.1) is 0 Å². The average molecular weight is 494 g/mol. The van der Waals surface area contributed by atoms with Crippen molar-refractivity contribution in [2.45, 2.75) is 69.9 Å². The Labute approximate surface area is 199 Å². The van der Waals surface area contributed by atoms with Crippen LogP contribution in [0.3, 0.4) is 0 Å². The number of hydrogen-bond acceptors (Lipinski definition) is 3. The summed E-state index contributed by atoms with van der Waals surface area (Å²) in [5, 5.41) is 13.8. The molecular weight excluding hydrogens is 465 g/mol. The highest BCUT2D eigenvalue weighted by molar-refractivity contribution is 6.83. The summed E-state index contributed by atoms with van der Waals surface area (Å²) >= 11 is 12.4. The first-order chi connectivity index (χ1) is 14.9. The maximum Gasteiger partial charge on any atom is 0.323 e. The van der Waals surface area contributed by atoms with Gasteiger partial charge in [-0.1, -0.05) is 55.3 Å². The second-order valence-corrected chi connectivity index (χ2v) is 16.5. The third-order valence-electron chi connectivity index (χ3n) is 7.22. The van der Waals surface area contributed by atoms with E-state index in [0.29, 0.717) is 28.1 Å². The van der Waals surface area contributed by atoms with Gasteiger partial charge in [-0.05, 0) is 38.8 Å². The first-order valence-electron chi connectivity index (χ1n) is 10.8. The van der Waals surface area contributed by atoms with Gasteiger partial charge in [0.1, 0.15) is 0 Å². The molecule has 10 heteroatoms. The van der Waals surface area contributed by atoms with E-state index >= 15 is 0 Å². The number of rotatable bonds is 4. The van der Waals surface area contributed by atoms with Crippen molar-refractivity contribution in [1.82, 2.24) is 15.1 Å². The smallest absolute Gasteiger partial charge is 0.309 e. The van der Waals surface area contributed by atoms with Gasteiger partial charge in [-0.25, -0.2) is 4.79 Å². The van der Waals surface area contributed by atoms with Crippen LogP contribution in [0.25, 0.3) is 0 Å². The number of nitrogens with one attached hydrogen (secondary N) is 3. The fraction of sp³-hybridized carbons (Fsp3) is 0.500. The van der Waals surface area contributed by atoms with Crippen LogP contribution < -0.4 is 10.6 Å². The molecule has 2 heterocycles. The van der Waals surface area contributed by atoms with Crippen LogP contribution in [-0.4, -0.2) is 35.1 Å². The minimum Gasteiger partial charge on any atom is -0.309 e. The van der Waals surface area contributed by atoms with Crippen molar-refractivity contribution in [3.8, 4) is 0 Å². The lowest BCUT2D eigenvalue weighted by molar-refractivity contribution is -0.121. The van der Waals surface area contributed by atoms with Gasteiger partial charge in [0.25, 0.3) is 0 Å². The van der Waals surface area contributed by atoms with Crippen molar-refractivity contribution in [1.29, 1.82) is 0 Å². The number of halogens is 2. The quantitative estimate of drug-likeness (QED) is 0.442. The van der Waals surface area contributed by atoms with Gasteiger partial charge in [-0.3, -0.25) is 9.89 Å². The minimum absolute atomic E-state index is 0.0563. The molecule has 1 aromatic heterocycles. The largest absolute Gasteiger partial charge is 0.323 e. The Morgan fingerprint density at radius 2 is 1.75 bits per heavy atom. The van der Waals surface area contributed by atoms with Gasteiger partial charge < -0.3 is 15.5 Å². The van der Waals surface area contributed by atoms with Crippen LogP contribution in [0.15, 0.2) is 18.2 Å². The van der Waals surface area contributed by atoms with Crippen LogP contribution in [0.1, 0.15) is 44.4 Å². The minimum atomic E-state index is -1.71. The van der Waals surface area contributed by atoms with Gasteiger partial charge in [0.2, 0.25) is 5.91 Å². The highest BCUT2D eigenvalue weighted by atomic mass is 35.5. The van der Waals surface area contributed by atoms with Gasteiger partial charge in [0, 0.05) is 10.6 Å². The molecule has 1 aromatic carbocycles. The summed E-state index contributed by atoms with van der Waals surface area (Å²) in [6, 6.07) is 4.74. The third-order valence-corrected chi connectivity index (χ3v) is 11.4. The molecule has 1 aliphatic heterocycles. The lowest BCUT2D eigenvalue weighted by Crippen LogP contribution is -2.52. The Morgan fingerprint density at radius 1 is 1.12 bits per heavy atom. The molecule has 0 bridgehead atoms. The number of H-pyrrole nitrogens is 1. The summed E-state index contributed by atoms with van der Waals surface area (Å²) in [7, 11) is -1.71. The van der Waals surface area contributed by atoms with Gasteiger partial charge >= 0.3 is 6.03 Å². The molecule has 2 aromatic rings. The van der Waals surface area contributed by atoms with E-state index in [1.165, 1.54) is 0 Å². The fourth-order valence-corrected chi connectivity index (χ4v) is 7.90. The maximum atomic E-state index is 13.3. The van der Waals surface area contributed by atoms with Crippen LogP contribution in [0.2, 0.25) is 34.7 Å². The monoisotopic (exact) mass is 493 g/mol. The molecule has 0 saturated heterocycles. The maximum absolute atomic E-state index is 13.3. The summed E-state index contributed by atoms with van der Waals surface area (Å²) in [5.74, 6) is 0.564. The number of carbonyl (C=O) groups excluding carboxylic acids is 2. The molecule has 0 radical (unpaired) electrons. The number of hydrogen-bond donors (Lipinski definition) is 3. The van der Waals surface area contributed by atoms with E-state index in [-0.39, 0.29) is 17.0 Å². The molecule has 7 nitrogen and oxygen atoms in total. The molecule has 1 saturated carbocycles. The van der Waals surface area contributed by atoms with E-state index in [1.807, 2.05) is 13.8 Å². The number of para-hydroxylation sites is 1. The number of benzene rings is 1. The molecule has 2 aliphatic rings. The summed E-state index contributed by atoms with van der Waals surface area (Å²) in [6.07, 6.45) is 2.95. The molecule has 4 rings (SSSR count). The lowest BCUT2D eigenvalue weighted by atomic mass is 9.83. The number of fused-ring (bicyclic) bond motifs is 1. The first-order valence-corrected chi connectivity index (χ1v) is 15.1. The number of anilines is 2. The average Bonchev–Trinajstić information content (AvgIpc) is 3.14. The van der Waals surface area contributed by atoms with Crippen molar-refractivity contribution >= 4 is 54.7 Å². The zero-order chi connectivity index (χ0) is 23.5. The number of urea groups is 1. The number of carbonyl (C=O) groups is 2. The molecule has 3 amide bonds. The zero-order valence-electron chi connectivity index (χ0n) is 19.0. The SMILES string of the molecule is CC1(C)c2[nH]nc(NC(=O)C3([Si](C)(C)C)CCC3)c2CN1C(=O)Nc1c(Cl)cccc1Cl. The second kappa shape index (κ2) is 7.78. The van der Waals surface area contributed by atoms with E-state index in [9.17, 15) is 9.59 Å². The Morgan fingerprint density at radius 3 is 2.28 bits per heavy atom. The highest BCUT2D eigenvalue weighted by Crippen LogP contribution is 2.56. The predicted octanol–water partition coefficient (Wildman–Crippen LogP) is 6.20. The van der Waals surface area contributed by atoms with Crippen molar-refractivity contribution in [2.24, 2.45) is 0 Å². The lowest BCUT2D eigenvalue weighted by Gasteiger charge is -2.48. The molecule has 0 atom stereocenters.